The first-order chi connectivity index (χ1) is 10.3. The van der Waals surface area contributed by atoms with Gasteiger partial charge in [-0.2, -0.15) is 4.98 Å². The van der Waals surface area contributed by atoms with Gasteiger partial charge in [0.2, 0.25) is 11.8 Å². The van der Waals surface area contributed by atoms with Crippen LogP contribution < -0.4 is 9.64 Å². The molecule has 0 unspecified atom stereocenters. The van der Waals surface area contributed by atoms with Gasteiger partial charge in [0, 0.05) is 25.4 Å². The van der Waals surface area contributed by atoms with Crippen LogP contribution in [0.3, 0.4) is 0 Å². The van der Waals surface area contributed by atoms with Crippen molar-refractivity contribution >= 4 is 5.95 Å². The van der Waals surface area contributed by atoms with E-state index in [4.69, 9.17) is 9.47 Å². The molecule has 0 N–H and O–H groups in total. The van der Waals surface area contributed by atoms with E-state index in [0.29, 0.717) is 18.1 Å². The average Bonchev–Trinajstić information content (AvgIpc) is 2.56. The first-order valence-corrected chi connectivity index (χ1v) is 8.12. The summed E-state index contributed by atoms with van der Waals surface area (Å²) >= 11 is 0. The van der Waals surface area contributed by atoms with Gasteiger partial charge in [0.25, 0.3) is 0 Å². The third kappa shape index (κ3) is 3.84. The molecule has 1 saturated heterocycles. The van der Waals surface area contributed by atoms with Gasteiger partial charge in [-0.05, 0) is 25.7 Å². The lowest BCUT2D eigenvalue weighted by Crippen LogP contribution is -2.39. The predicted molar refractivity (Wildman–Crippen MR) is 81.8 cm³/mol. The van der Waals surface area contributed by atoms with Crippen LogP contribution in [0.15, 0.2) is 12.3 Å². The normalized spacial score (nSPS) is 21.5. The van der Waals surface area contributed by atoms with Crippen molar-refractivity contribution in [3.8, 4) is 5.88 Å². The average molecular weight is 291 g/mol. The van der Waals surface area contributed by atoms with Gasteiger partial charge in [-0.25, -0.2) is 4.98 Å². The second-order valence-electron chi connectivity index (χ2n) is 5.98. The Labute approximate surface area is 126 Å². The molecule has 0 amide bonds. The monoisotopic (exact) mass is 291 g/mol. The van der Waals surface area contributed by atoms with Crippen molar-refractivity contribution in [2.75, 3.05) is 25.1 Å². The maximum absolute atomic E-state index is 6.27. The number of nitrogens with zero attached hydrogens (tertiary/aromatic N) is 3. The van der Waals surface area contributed by atoms with Crippen molar-refractivity contribution in [3.05, 3.63) is 12.3 Å². The Balaban J connectivity index is 1.50. The number of rotatable bonds is 4. The lowest BCUT2D eigenvalue weighted by atomic mass is 9.97. The van der Waals surface area contributed by atoms with Gasteiger partial charge < -0.3 is 14.4 Å². The van der Waals surface area contributed by atoms with Gasteiger partial charge in [0.05, 0.1) is 19.3 Å². The number of aromatic nitrogens is 2. The van der Waals surface area contributed by atoms with Gasteiger partial charge in [-0.15, -0.1) is 0 Å². The van der Waals surface area contributed by atoms with Crippen molar-refractivity contribution in [3.63, 3.8) is 0 Å². The van der Waals surface area contributed by atoms with Gasteiger partial charge in [-0.1, -0.05) is 19.3 Å². The maximum atomic E-state index is 6.27. The fraction of sp³-hybridized carbons (Fsp3) is 0.750. The van der Waals surface area contributed by atoms with Crippen LogP contribution >= 0.6 is 0 Å². The van der Waals surface area contributed by atoms with Crippen molar-refractivity contribution < 1.29 is 9.47 Å². The Morgan fingerprint density at radius 1 is 1.05 bits per heavy atom. The molecule has 1 aromatic rings. The SMILES string of the molecule is COc1ccnc(N2CCC(OC3CCCCC3)CC2)n1. The molecule has 0 spiro atoms. The fourth-order valence-corrected chi connectivity index (χ4v) is 3.26. The van der Waals surface area contributed by atoms with Crippen LogP contribution in [0.1, 0.15) is 44.9 Å². The molecule has 21 heavy (non-hydrogen) atoms. The molecule has 0 atom stereocenters. The van der Waals surface area contributed by atoms with E-state index in [0.717, 1.165) is 31.9 Å². The first-order valence-electron chi connectivity index (χ1n) is 8.12. The summed E-state index contributed by atoms with van der Waals surface area (Å²) in [7, 11) is 1.64. The van der Waals surface area contributed by atoms with E-state index in [1.54, 1.807) is 19.4 Å². The third-order valence-electron chi connectivity index (χ3n) is 4.49. The largest absolute Gasteiger partial charge is 0.481 e. The van der Waals surface area contributed by atoms with Crippen LogP contribution in [0.4, 0.5) is 5.95 Å². The lowest BCUT2D eigenvalue weighted by molar-refractivity contribution is -0.0396. The van der Waals surface area contributed by atoms with Crippen LogP contribution in [0.25, 0.3) is 0 Å². The number of ether oxygens (including phenoxy) is 2. The highest BCUT2D eigenvalue weighted by molar-refractivity contribution is 5.32. The Morgan fingerprint density at radius 2 is 1.76 bits per heavy atom. The Kier molecular flexibility index (Phi) is 4.91. The van der Waals surface area contributed by atoms with Gasteiger partial charge in [-0.3, -0.25) is 0 Å². The fourth-order valence-electron chi connectivity index (χ4n) is 3.26. The molecular formula is C16H25N3O2. The first kappa shape index (κ1) is 14.6. The number of piperidine rings is 1. The molecule has 116 valence electrons. The Morgan fingerprint density at radius 3 is 2.48 bits per heavy atom. The zero-order chi connectivity index (χ0) is 14.5. The minimum atomic E-state index is 0.412. The summed E-state index contributed by atoms with van der Waals surface area (Å²) in [5, 5.41) is 0. The molecule has 3 rings (SSSR count). The van der Waals surface area contributed by atoms with Crippen molar-refractivity contribution in [1.29, 1.82) is 0 Å². The van der Waals surface area contributed by atoms with Gasteiger partial charge >= 0.3 is 0 Å². The maximum Gasteiger partial charge on any atom is 0.228 e. The smallest absolute Gasteiger partial charge is 0.228 e. The molecule has 2 fully saturated rings. The van der Waals surface area contributed by atoms with Gasteiger partial charge in [0.1, 0.15) is 0 Å². The summed E-state index contributed by atoms with van der Waals surface area (Å²) in [4.78, 5) is 11.0. The predicted octanol–water partition coefficient (Wildman–Crippen LogP) is 2.80. The Bertz CT molecular complexity index is 441. The van der Waals surface area contributed by atoms with E-state index >= 15 is 0 Å². The van der Waals surface area contributed by atoms with Crippen LogP contribution in [0.2, 0.25) is 0 Å². The molecule has 5 heteroatoms. The second kappa shape index (κ2) is 7.07. The highest BCUT2D eigenvalue weighted by Gasteiger charge is 2.25. The van der Waals surface area contributed by atoms with Crippen LogP contribution in [-0.2, 0) is 4.74 Å². The molecule has 5 nitrogen and oxygen atoms in total. The minimum absolute atomic E-state index is 0.412. The summed E-state index contributed by atoms with van der Waals surface area (Å²) < 4.78 is 11.4. The van der Waals surface area contributed by atoms with E-state index in [-0.39, 0.29) is 0 Å². The summed E-state index contributed by atoms with van der Waals surface area (Å²) in [5.74, 6) is 1.39. The van der Waals surface area contributed by atoms with Gasteiger partial charge in [0.15, 0.2) is 0 Å². The van der Waals surface area contributed by atoms with E-state index < -0.39 is 0 Å². The standard InChI is InChI=1S/C16H25N3O2/c1-20-15-7-10-17-16(18-15)19-11-8-14(9-12-19)21-13-5-3-2-4-6-13/h7,10,13-14H,2-6,8-9,11-12H2,1H3. The molecule has 0 radical (unpaired) electrons. The van der Waals surface area contributed by atoms with E-state index in [9.17, 15) is 0 Å². The molecule has 1 aliphatic carbocycles. The summed E-state index contributed by atoms with van der Waals surface area (Å²) in [5.41, 5.74) is 0. The summed E-state index contributed by atoms with van der Waals surface area (Å²) in [6.07, 6.45) is 11.4. The molecule has 2 heterocycles. The topological polar surface area (TPSA) is 47.5 Å². The van der Waals surface area contributed by atoms with Crippen LogP contribution in [0.5, 0.6) is 5.88 Å². The van der Waals surface area contributed by atoms with Crippen molar-refractivity contribution in [1.82, 2.24) is 9.97 Å². The zero-order valence-electron chi connectivity index (χ0n) is 12.8. The number of hydrogen-bond acceptors (Lipinski definition) is 5. The highest BCUT2D eigenvalue weighted by atomic mass is 16.5. The van der Waals surface area contributed by atoms with E-state index in [1.165, 1.54) is 32.1 Å². The lowest BCUT2D eigenvalue weighted by Gasteiger charge is -2.34. The molecule has 0 aromatic carbocycles. The molecule has 1 aliphatic heterocycles. The molecule has 2 aliphatic rings. The van der Waals surface area contributed by atoms with Crippen molar-refractivity contribution in [2.45, 2.75) is 57.2 Å². The summed E-state index contributed by atoms with van der Waals surface area (Å²) in [6.45, 7) is 1.93. The van der Waals surface area contributed by atoms with Crippen molar-refractivity contribution in [2.24, 2.45) is 0 Å². The third-order valence-corrected chi connectivity index (χ3v) is 4.49. The minimum Gasteiger partial charge on any atom is -0.481 e. The molecule has 0 bridgehead atoms. The van der Waals surface area contributed by atoms with Crippen LogP contribution in [-0.4, -0.2) is 42.4 Å². The molecular weight excluding hydrogens is 266 g/mol. The number of methoxy groups -OCH3 is 1. The van der Waals surface area contributed by atoms with E-state index in [2.05, 4.69) is 14.9 Å². The van der Waals surface area contributed by atoms with Crippen LogP contribution in [0, 0.1) is 0 Å². The zero-order valence-corrected chi connectivity index (χ0v) is 12.8. The Hall–Kier alpha value is -1.36. The number of hydrogen-bond donors (Lipinski definition) is 0. The molecule has 1 aromatic heterocycles. The number of anilines is 1. The van der Waals surface area contributed by atoms with E-state index in [1.807, 2.05) is 0 Å². The highest BCUT2D eigenvalue weighted by Crippen LogP contribution is 2.25. The second-order valence-corrected chi connectivity index (χ2v) is 5.98. The molecule has 1 saturated carbocycles. The summed E-state index contributed by atoms with van der Waals surface area (Å²) in [6, 6.07) is 1.78. The quantitative estimate of drug-likeness (QED) is 0.853.